The van der Waals surface area contributed by atoms with Crippen molar-refractivity contribution < 1.29 is 4.52 Å². The Morgan fingerprint density at radius 1 is 1.50 bits per heavy atom. The number of rotatable bonds is 2. The van der Waals surface area contributed by atoms with Crippen LogP contribution in [0.1, 0.15) is 18.0 Å². The van der Waals surface area contributed by atoms with Crippen molar-refractivity contribution >= 4 is 17.3 Å². The van der Waals surface area contributed by atoms with Crippen LogP contribution in [-0.2, 0) is 0 Å². The average Bonchev–Trinajstić information content (AvgIpc) is 2.70. The summed E-state index contributed by atoms with van der Waals surface area (Å²) in [6.45, 7) is 1.87. The lowest BCUT2D eigenvalue weighted by Gasteiger charge is -1.95. The fraction of sp³-hybridized carbons (Fsp3) is 0.286. The number of aromatic nitrogens is 3. The third-order valence-electron chi connectivity index (χ3n) is 1.57. The van der Waals surface area contributed by atoms with E-state index >= 15 is 0 Å². The van der Waals surface area contributed by atoms with Crippen molar-refractivity contribution in [3.63, 3.8) is 0 Å². The molecule has 0 spiro atoms. The molecule has 1 unspecified atom stereocenters. The van der Waals surface area contributed by atoms with Crippen LogP contribution in [0.4, 0.5) is 5.95 Å². The van der Waals surface area contributed by atoms with Gasteiger partial charge in [-0.2, -0.15) is 4.98 Å². The summed E-state index contributed by atoms with van der Waals surface area (Å²) in [6, 6.07) is -0.0889. The average molecular weight is 211 g/mol. The molecule has 0 amide bonds. The minimum absolute atomic E-state index is 0.0889. The lowest BCUT2D eigenvalue weighted by Crippen LogP contribution is -2.03. The second-order valence-corrected chi connectivity index (χ2v) is 3.71. The number of nitrogen functional groups attached to an aromatic ring is 1. The zero-order valence-corrected chi connectivity index (χ0v) is 8.28. The van der Waals surface area contributed by atoms with Crippen molar-refractivity contribution in [3.05, 3.63) is 10.4 Å². The maximum Gasteiger partial charge on any atom is 0.278 e. The van der Waals surface area contributed by atoms with Crippen molar-refractivity contribution in [2.45, 2.75) is 13.0 Å². The molecule has 6 nitrogen and oxygen atoms in total. The zero-order chi connectivity index (χ0) is 10.1. The van der Waals surface area contributed by atoms with Crippen LogP contribution >= 0.6 is 11.3 Å². The lowest BCUT2D eigenvalue weighted by molar-refractivity contribution is 0.432. The Morgan fingerprint density at radius 3 is 2.79 bits per heavy atom. The van der Waals surface area contributed by atoms with Gasteiger partial charge >= 0.3 is 0 Å². The van der Waals surface area contributed by atoms with Crippen molar-refractivity contribution in [1.82, 2.24) is 15.1 Å². The van der Waals surface area contributed by atoms with Crippen LogP contribution in [0.15, 0.2) is 9.90 Å². The van der Waals surface area contributed by atoms with Gasteiger partial charge in [-0.1, -0.05) is 0 Å². The molecule has 0 saturated heterocycles. The van der Waals surface area contributed by atoms with Gasteiger partial charge in [-0.05, 0) is 12.1 Å². The number of nitrogens with two attached hydrogens (primary N) is 2. The van der Waals surface area contributed by atoms with Crippen molar-refractivity contribution in [2.24, 2.45) is 5.73 Å². The van der Waals surface area contributed by atoms with Gasteiger partial charge in [0.2, 0.25) is 0 Å². The van der Waals surface area contributed by atoms with Gasteiger partial charge in [-0.3, -0.25) is 0 Å². The van der Waals surface area contributed by atoms with Crippen LogP contribution in [0.3, 0.4) is 0 Å². The monoisotopic (exact) mass is 211 g/mol. The predicted octanol–water partition coefficient (Wildman–Crippen LogP) is 0.795. The number of thiazole rings is 1. The first kappa shape index (κ1) is 9.10. The van der Waals surface area contributed by atoms with E-state index in [0.717, 1.165) is 5.01 Å². The molecule has 0 aromatic carbocycles. The summed E-state index contributed by atoms with van der Waals surface area (Å²) in [4.78, 5) is 8.09. The van der Waals surface area contributed by atoms with E-state index < -0.39 is 0 Å². The van der Waals surface area contributed by atoms with E-state index in [9.17, 15) is 0 Å². The van der Waals surface area contributed by atoms with E-state index in [1.165, 1.54) is 11.3 Å². The highest BCUT2D eigenvalue weighted by molar-refractivity contribution is 7.10. The minimum Gasteiger partial charge on any atom is -0.365 e. The minimum atomic E-state index is -0.0889. The first-order valence-corrected chi connectivity index (χ1v) is 4.85. The summed E-state index contributed by atoms with van der Waals surface area (Å²) < 4.78 is 4.86. The molecule has 0 fully saturated rings. The Balaban J connectivity index is 2.33. The van der Waals surface area contributed by atoms with Gasteiger partial charge in [0.1, 0.15) is 10.7 Å². The maximum atomic E-state index is 5.67. The highest BCUT2D eigenvalue weighted by atomic mass is 32.1. The van der Waals surface area contributed by atoms with Crippen LogP contribution in [0.2, 0.25) is 0 Å². The van der Waals surface area contributed by atoms with Crippen LogP contribution in [0.25, 0.3) is 11.6 Å². The SMILES string of the molecule is CC(N)c1nc(-c2nc(N)no2)cs1. The number of nitrogens with zero attached hydrogens (tertiary/aromatic N) is 3. The molecule has 0 bridgehead atoms. The van der Waals surface area contributed by atoms with E-state index in [1.807, 2.05) is 12.3 Å². The number of hydrogen-bond acceptors (Lipinski definition) is 7. The van der Waals surface area contributed by atoms with Gasteiger partial charge < -0.3 is 16.0 Å². The topological polar surface area (TPSA) is 104 Å². The molecule has 2 aromatic rings. The Bertz CT molecular complexity index is 435. The third kappa shape index (κ3) is 1.59. The summed E-state index contributed by atoms with van der Waals surface area (Å²) in [5, 5.41) is 6.11. The number of anilines is 1. The summed E-state index contributed by atoms with van der Waals surface area (Å²) in [5.41, 5.74) is 11.6. The quantitative estimate of drug-likeness (QED) is 0.761. The second-order valence-electron chi connectivity index (χ2n) is 2.82. The molecule has 0 radical (unpaired) electrons. The zero-order valence-electron chi connectivity index (χ0n) is 7.47. The van der Waals surface area contributed by atoms with Crippen molar-refractivity contribution in [2.75, 3.05) is 5.73 Å². The fourth-order valence-electron chi connectivity index (χ4n) is 0.934. The Kier molecular flexibility index (Phi) is 2.18. The fourth-order valence-corrected chi connectivity index (χ4v) is 1.69. The van der Waals surface area contributed by atoms with Crippen molar-refractivity contribution in [3.8, 4) is 11.6 Å². The third-order valence-corrected chi connectivity index (χ3v) is 2.62. The second kappa shape index (κ2) is 3.35. The molecule has 14 heavy (non-hydrogen) atoms. The van der Waals surface area contributed by atoms with Gasteiger partial charge in [-0.15, -0.1) is 11.3 Å². The largest absolute Gasteiger partial charge is 0.365 e. The highest BCUT2D eigenvalue weighted by Crippen LogP contribution is 2.23. The molecular weight excluding hydrogens is 202 g/mol. The Labute approximate surface area is 83.9 Å². The Hall–Kier alpha value is -1.47. The predicted molar refractivity (Wildman–Crippen MR) is 52.4 cm³/mol. The maximum absolute atomic E-state index is 5.67. The van der Waals surface area contributed by atoms with Gasteiger partial charge in [-0.25, -0.2) is 4.98 Å². The van der Waals surface area contributed by atoms with Gasteiger partial charge in [0, 0.05) is 5.38 Å². The number of hydrogen-bond donors (Lipinski definition) is 2. The van der Waals surface area contributed by atoms with Crippen LogP contribution in [0.5, 0.6) is 0 Å². The van der Waals surface area contributed by atoms with Gasteiger partial charge in [0.05, 0.1) is 6.04 Å². The molecule has 2 heterocycles. The van der Waals surface area contributed by atoms with Crippen molar-refractivity contribution in [1.29, 1.82) is 0 Å². The van der Waals surface area contributed by atoms with Crippen LogP contribution in [-0.4, -0.2) is 15.1 Å². The molecule has 1 atom stereocenters. The first-order valence-electron chi connectivity index (χ1n) is 3.97. The molecule has 7 heteroatoms. The molecule has 0 saturated carbocycles. The summed E-state index contributed by atoms with van der Waals surface area (Å²) in [5.74, 6) is 0.431. The molecular formula is C7H9N5OS. The summed E-state index contributed by atoms with van der Waals surface area (Å²) >= 11 is 1.46. The molecule has 0 aliphatic heterocycles. The molecule has 2 aromatic heterocycles. The molecule has 2 rings (SSSR count). The van der Waals surface area contributed by atoms with Crippen LogP contribution in [0, 0.1) is 0 Å². The van der Waals surface area contributed by atoms with E-state index in [-0.39, 0.29) is 12.0 Å². The van der Waals surface area contributed by atoms with Gasteiger partial charge in [0.25, 0.3) is 11.8 Å². The molecule has 0 aliphatic carbocycles. The standard InChI is InChI=1S/C7H9N5OS/c1-3(8)6-10-4(2-14-6)5-11-7(9)12-13-5/h2-3H,8H2,1H3,(H2,9,12). The molecule has 74 valence electrons. The summed E-state index contributed by atoms with van der Waals surface area (Å²) in [7, 11) is 0. The summed E-state index contributed by atoms with van der Waals surface area (Å²) in [6.07, 6.45) is 0. The van der Waals surface area contributed by atoms with E-state index in [2.05, 4.69) is 15.1 Å². The molecule has 0 aliphatic rings. The normalized spacial score (nSPS) is 13.0. The van der Waals surface area contributed by atoms with E-state index in [1.54, 1.807) is 0 Å². The Morgan fingerprint density at radius 2 is 2.29 bits per heavy atom. The highest BCUT2D eigenvalue weighted by Gasteiger charge is 2.12. The van der Waals surface area contributed by atoms with E-state index in [4.69, 9.17) is 16.0 Å². The lowest BCUT2D eigenvalue weighted by atomic mass is 10.4. The van der Waals surface area contributed by atoms with E-state index in [0.29, 0.717) is 11.6 Å². The first-order chi connectivity index (χ1) is 6.66. The smallest absolute Gasteiger partial charge is 0.278 e. The van der Waals surface area contributed by atoms with Crippen LogP contribution < -0.4 is 11.5 Å². The molecule has 4 N–H and O–H groups in total. The van der Waals surface area contributed by atoms with Gasteiger partial charge in [0.15, 0.2) is 0 Å².